The van der Waals surface area contributed by atoms with Gasteiger partial charge in [0.25, 0.3) is 0 Å². The second kappa shape index (κ2) is 6.47. The summed E-state index contributed by atoms with van der Waals surface area (Å²) in [7, 11) is 0. The highest BCUT2D eigenvalue weighted by atomic mass is 16.2. The Bertz CT molecular complexity index is 235. The quantitative estimate of drug-likeness (QED) is 0.693. The average Bonchev–Trinajstić information content (AvgIpc) is 2.11. The smallest absolute Gasteiger partial charge is 0.224 e. The van der Waals surface area contributed by atoms with E-state index in [0.29, 0.717) is 26.1 Å². The van der Waals surface area contributed by atoms with E-state index in [1.807, 2.05) is 6.92 Å². The molecule has 1 amide bonds. The molecule has 0 aromatic heterocycles. The number of amides is 1. The molecule has 0 aromatic carbocycles. The van der Waals surface area contributed by atoms with Gasteiger partial charge >= 0.3 is 0 Å². The molecule has 15 heavy (non-hydrogen) atoms. The van der Waals surface area contributed by atoms with Crippen molar-refractivity contribution in [2.75, 3.05) is 19.6 Å². The third-order valence-electron chi connectivity index (χ3n) is 2.01. The second-order valence-electron chi connectivity index (χ2n) is 4.54. The molecule has 0 fully saturated rings. The van der Waals surface area contributed by atoms with Crippen molar-refractivity contribution in [1.82, 2.24) is 10.2 Å². The Labute approximate surface area is 93.2 Å². The number of terminal acetylenes is 1. The summed E-state index contributed by atoms with van der Waals surface area (Å²) in [4.78, 5) is 13.3. The van der Waals surface area contributed by atoms with E-state index in [9.17, 15) is 4.79 Å². The molecular weight excluding hydrogens is 188 g/mol. The van der Waals surface area contributed by atoms with E-state index < -0.39 is 0 Å². The van der Waals surface area contributed by atoms with Crippen LogP contribution < -0.4 is 5.32 Å². The summed E-state index contributed by atoms with van der Waals surface area (Å²) in [6.07, 6.45) is 5.69. The molecule has 3 nitrogen and oxygen atoms in total. The average molecular weight is 210 g/mol. The van der Waals surface area contributed by atoms with Crippen molar-refractivity contribution in [2.45, 2.75) is 39.7 Å². The number of nitrogens with zero attached hydrogens (tertiary/aromatic N) is 1. The van der Waals surface area contributed by atoms with Crippen molar-refractivity contribution in [2.24, 2.45) is 0 Å². The molecule has 0 aliphatic rings. The first-order valence-corrected chi connectivity index (χ1v) is 5.37. The Hall–Kier alpha value is -1.01. The number of carbonyl (C=O) groups excluding carboxylic acids is 1. The van der Waals surface area contributed by atoms with Gasteiger partial charge in [-0.05, 0) is 27.7 Å². The van der Waals surface area contributed by atoms with E-state index in [2.05, 4.69) is 32.0 Å². The molecule has 0 aliphatic carbocycles. The van der Waals surface area contributed by atoms with Crippen LogP contribution in [0.1, 0.15) is 34.1 Å². The molecule has 1 N–H and O–H groups in total. The van der Waals surface area contributed by atoms with E-state index in [1.54, 1.807) is 4.90 Å². The lowest BCUT2D eigenvalue weighted by Gasteiger charge is -2.22. The fraction of sp³-hybridized carbons (Fsp3) is 0.750. The number of rotatable bonds is 5. The van der Waals surface area contributed by atoms with Gasteiger partial charge in [0.15, 0.2) is 0 Å². The Kier molecular flexibility index (Phi) is 6.03. The first-order valence-electron chi connectivity index (χ1n) is 5.37. The van der Waals surface area contributed by atoms with Crippen LogP contribution >= 0.6 is 0 Å². The zero-order valence-corrected chi connectivity index (χ0v) is 10.3. The van der Waals surface area contributed by atoms with Gasteiger partial charge in [-0.15, -0.1) is 6.42 Å². The summed E-state index contributed by atoms with van der Waals surface area (Å²) >= 11 is 0. The fourth-order valence-electron chi connectivity index (χ4n) is 1.19. The number of hydrogen-bond donors (Lipinski definition) is 1. The van der Waals surface area contributed by atoms with Crippen molar-refractivity contribution < 1.29 is 4.79 Å². The largest absolute Gasteiger partial charge is 0.332 e. The molecule has 3 heteroatoms. The molecule has 0 heterocycles. The van der Waals surface area contributed by atoms with Gasteiger partial charge in [0.1, 0.15) is 0 Å². The Morgan fingerprint density at radius 3 is 2.47 bits per heavy atom. The summed E-state index contributed by atoms with van der Waals surface area (Å²) < 4.78 is 0. The zero-order valence-electron chi connectivity index (χ0n) is 10.3. The summed E-state index contributed by atoms with van der Waals surface area (Å²) in [5.74, 6) is 2.61. The molecule has 0 bridgehead atoms. The molecule has 0 aliphatic heterocycles. The Morgan fingerprint density at radius 2 is 2.07 bits per heavy atom. The molecule has 0 spiro atoms. The van der Waals surface area contributed by atoms with Crippen LogP contribution in [0, 0.1) is 12.3 Å². The summed E-state index contributed by atoms with van der Waals surface area (Å²) in [5, 5.41) is 3.27. The second-order valence-corrected chi connectivity index (χ2v) is 4.54. The van der Waals surface area contributed by atoms with Crippen LogP contribution in [0.5, 0.6) is 0 Å². The maximum Gasteiger partial charge on any atom is 0.224 e. The number of carbonyl (C=O) groups is 1. The first-order chi connectivity index (χ1) is 6.90. The SMILES string of the molecule is C#CCN(CC)C(=O)CCNC(C)(C)C. The minimum atomic E-state index is 0.0590. The lowest BCUT2D eigenvalue weighted by atomic mass is 10.1. The highest BCUT2D eigenvalue weighted by molar-refractivity contribution is 5.76. The molecule has 0 atom stereocenters. The molecular formula is C12H22N2O. The van der Waals surface area contributed by atoms with Crippen LogP contribution in [0.4, 0.5) is 0 Å². The summed E-state index contributed by atoms with van der Waals surface area (Å²) in [5.41, 5.74) is 0.0590. The molecule has 0 radical (unpaired) electrons. The molecule has 0 saturated carbocycles. The maximum atomic E-state index is 11.6. The highest BCUT2D eigenvalue weighted by Crippen LogP contribution is 1.99. The lowest BCUT2D eigenvalue weighted by molar-refractivity contribution is -0.130. The minimum absolute atomic E-state index is 0.0590. The van der Waals surface area contributed by atoms with Crippen LogP contribution in [0.2, 0.25) is 0 Å². The molecule has 0 unspecified atom stereocenters. The van der Waals surface area contributed by atoms with Gasteiger partial charge in [-0.1, -0.05) is 5.92 Å². The summed E-state index contributed by atoms with van der Waals surface area (Å²) in [6, 6.07) is 0. The maximum absolute atomic E-state index is 11.6. The van der Waals surface area contributed by atoms with Crippen LogP contribution in [0.25, 0.3) is 0 Å². The normalized spacial score (nSPS) is 10.9. The predicted octanol–water partition coefficient (Wildman–Crippen LogP) is 1.25. The van der Waals surface area contributed by atoms with Gasteiger partial charge in [-0.2, -0.15) is 0 Å². The first kappa shape index (κ1) is 14.0. The molecule has 0 rings (SSSR count). The van der Waals surface area contributed by atoms with Gasteiger partial charge in [0, 0.05) is 25.0 Å². The van der Waals surface area contributed by atoms with Crippen LogP contribution in [0.3, 0.4) is 0 Å². The third kappa shape index (κ3) is 6.98. The van der Waals surface area contributed by atoms with Crippen LogP contribution in [0.15, 0.2) is 0 Å². The van der Waals surface area contributed by atoms with E-state index in [4.69, 9.17) is 6.42 Å². The number of hydrogen-bond acceptors (Lipinski definition) is 2. The van der Waals surface area contributed by atoms with Crippen molar-refractivity contribution in [3.63, 3.8) is 0 Å². The van der Waals surface area contributed by atoms with E-state index in [1.165, 1.54) is 0 Å². The van der Waals surface area contributed by atoms with E-state index >= 15 is 0 Å². The topological polar surface area (TPSA) is 32.3 Å². The Morgan fingerprint density at radius 1 is 1.47 bits per heavy atom. The van der Waals surface area contributed by atoms with Gasteiger partial charge < -0.3 is 10.2 Å². The number of nitrogens with one attached hydrogen (secondary N) is 1. The highest BCUT2D eigenvalue weighted by Gasteiger charge is 2.12. The predicted molar refractivity (Wildman–Crippen MR) is 63.5 cm³/mol. The monoisotopic (exact) mass is 210 g/mol. The fourth-order valence-corrected chi connectivity index (χ4v) is 1.19. The standard InChI is InChI=1S/C12H22N2O/c1-6-10-14(7-2)11(15)8-9-13-12(3,4)5/h1,13H,7-10H2,2-5H3. The van der Waals surface area contributed by atoms with Crippen molar-refractivity contribution in [3.8, 4) is 12.3 Å². The third-order valence-corrected chi connectivity index (χ3v) is 2.01. The minimum Gasteiger partial charge on any atom is -0.332 e. The van der Waals surface area contributed by atoms with Crippen molar-refractivity contribution in [3.05, 3.63) is 0 Å². The van der Waals surface area contributed by atoms with Crippen molar-refractivity contribution in [1.29, 1.82) is 0 Å². The van der Waals surface area contributed by atoms with Gasteiger partial charge in [-0.25, -0.2) is 0 Å². The van der Waals surface area contributed by atoms with Gasteiger partial charge in [0.2, 0.25) is 5.91 Å². The summed E-state index contributed by atoms with van der Waals surface area (Å²) in [6.45, 7) is 9.96. The van der Waals surface area contributed by atoms with Gasteiger partial charge in [0.05, 0.1) is 6.54 Å². The van der Waals surface area contributed by atoms with Crippen molar-refractivity contribution >= 4 is 5.91 Å². The molecule has 86 valence electrons. The van der Waals surface area contributed by atoms with Gasteiger partial charge in [-0.3, -0.25) is 4.79 Å². The molecule has 0 saturated heterocycles. The van der Waals surface area contributed by atoms with E-state index in [0.717, 1.165) is 0 Å². The van der Waals surface area contributed by atoms with Crippen LogP contribution in [-0.2, 0) is 4.79 Å². The van der Waals surface area contributed by atoms with Crippen LogP contribution in [-0.4, -0.2) is 36.0 Å². The molecule has 0 aromatic rings. The lowest BCUT2D eigenvalue weighted by Crippen LogP contribution is -2.39. The zero-order chi connectivity index (χ0) is 11.9. The Balaban J connectivity index is 3.87. The van der Waals surface area contributed by atoms with E-state index in [-0.39, 0.29) is 11.4 Å².